The molecular weight excluding hydrogens is 328 g/mol. The number of hydrogen-bond acceptors (Lipinski definition) is 6. The Morgan fingerprint density at radius 2 is 1.65 bits per heavy atom. The number of aromatic nitrogens is 3. The fraction of sp³-hybridized carbons (Fsp3) is 0.0500. The molecule has 0 amide bonds. The molecule has 0 fully saturated rings. The van der Waals surface area contributed by atoms with Crippen molar-refractivity contribution in [3.63, 3.8) is 0 Å². The Kier molecular flexibility index (Phi) is 4.07. The lowest BCUT2D eigenvalue weighted by molar-refractivity contribution is 0.468. The average molecular weight is 344 g/mol. The second-order valence-electron chi connectivity index (χ2n) is 5.81. The van der Waals surface area contributed by atoms with Crippen LogP contribution in [0.1, 0.15) is 17.2 Å². The molecule has 0 aliphatic rings. The molecule has 0 aliphatic carbocycles. The number of fused-ring (bicyclic) bond motifs is 1. The maximum absolute atomic E-state index is 10.8. The fourth-order valence-electron chi connectivity index (χ4n) is 2.91. The largest absolute Gasteiger partial charge is 0.505 e. The third kappa shape index (κ3) is 2.88. The highest BCUT2D eigenvalue weighted by Crippen LogP contribution is 2.37. The van der Waals surface area contributed by atoms with E-state index in [0.29, 0.717) is 16.9 Å². The summed E-state index contributed by atoms with van der Waals surface area (Å²) >= 11 is 0. The van der Waals surface area contributed by atoms with Crippen LogP contribution in [-0.4, -0.2) is 25.2 Å². The second-order valence-corrected chi connectivity index (χ2v) is 5.81. The van der Waals surface area contributed by atoms with Crippen LogP contribution in [0.4, 0.5) is 5.82 Å². The van der Waals surface area contributed by atoms with Crippen LogP contribution in [0, 0.1) is 0 Å². The number of phenolic OH excluding ortho intramolecular Hbond substituents is 1. The molecule has 4 aromatic rings. The summed E-state index contributed by atoms with van der Waals surface area (Å²) in [7, 11) is 0. The van der Waals surface area contributed by atoms with E-state index in [2.05, 4.69) is 20.3 Å². The summed E-state index contributed by atoms with van der Waals surface area (Å²) in [6.07, 6.45) is 6.62. The van der Waals surface area contributed by atoms with Gasteiger partial charge in [-0.3, -0.25) is 9.97 Å². The van der Waals surface area contributed by atoms with Crippen molar-refractivity contribution in [2.24, 2.45) is 0 Å². The van der Waals surface area contributed by atoms with Crippen molar-refractivity contribution in [1.29, 1.82) is 0 Å². The molecule has 6 heteroatoms. The smallest absolute Gasteiger partial charge is 0.169 e. The highest BCUT2D eigenvalue weighted by atomic mass is 16.3. The maximum atomic E-state index is 10.8. The monoisotopic (exact) mass is 344 g/mol. The molecule has 0 saturated heterocycles. The van der Waals surface area contributed by atoms with Crippen LogP contribution in [0.3, 0.4) is 0 Å². The van der Waals surface area contributed by atoms with Gasteiger partial charge in [0.2, 0.25) is 0 Å². The Morgan fingerprint density at radius 1 is 0.846 bits per heavy atom. The molecule has 26 heavy (non-hydrogen) atoms. The molecule has 0 spiro atoms. The van der Waals surface area contributed by atoms with Crippen LogP contribution in [0.15, 0.2) is 73.3 Å². The van der Waals surface area contributed by atoms with E-state index in [0.717, 1.165) is 10.9 Å². The predicted molar refractivity (Wildman–Crippen MR) is 99.0 cm³/mol. The van der Waals surface area contributed by atoms with E-state index in [4.69, 9.17) is 0 Å². The molecule has 1 atom stereocenters. The van der Waals surface area contributed by atoms with Crippen molar-refractivity contribution in [3.05, 3.63) is 84.4 Å². The van der Waals surface area contributed by atoms with Crippen molar-refractivity contribution in [2.45, 2.75) is 6.04 Å². The second kappa shape index (κ2) is 6.68. The molecule has 1 unspecified atom stereocenters. The van der Waals surface area contributed by atoms with Crippen molar-refractivity contribution >= 4 is 16.7 Å². The molecule has 6 nitrogen and oxygen atoms in total. The molecule has 3 N–H and O–H groups in total. The summed E-state index contributed by atoms with van der Waals surface area (Å²) in [5.74, 6) is 0.432. The molecule has 4 rings (SSSR count). The molecule has 1 aromatic carbocycles. The van der Waals surface area contributed by atoms with Gasteiger partial charge < -0.3 is 15.5 Å². The summed E-state index contributed by atoms with van der Waals surface area (Å²) in [5, 5.41) is 24.9. The van der Waals surface area contributed by atoms with Crippen molar-refractivity contribution < 1.29 is 10.2 Å². The van der Waals surface area contributed by atoms with Gasteiger partial charge in [0.1, 0.15) is 11.3 Å². The lowest BCUT2D eigenvalue weighted by Gasteiger charge is -2.22. The van der Waals surface area contributed by atoms with Gasteiger partial charge in [0.05, 0.1) is 6.04 Å². The molecule has 0 bridgehead atoms. The number of hydrogen-bond donors (Lipinski definition) is 3. The third-order valence-corrected chi connectivity index (χ3v) is 4.18. The summed E-state index contributed by atoms with van der Waals surface area (Å²) in [6.45, 7) is 0. The topological polar surface area (TPSA) is 91.2 Å². The number of rotatable bonds is 4. The van der Waals surface area contributed by atoms with E-state index in [-0.39, 0.29) is 11.5 Å². The lowest BCUT2D eigenvalue weighted by Crippen LogP contribution is -2.14. The van der Waals surface area contributed by atoms with E-state index in [1.165, 1.54) is 0 Å². The van der Waals surface area contributed by atoms with Gasteiger partial charge in [-0.15, -0.1) is 0 Å². The SMILES string of the molecule is Oc1cccnc1NC(c1cccnc1)c1ccc2cccnc2c1O. The lowest BCUT2D eigenvalue weighted by atomic mass is 9.97. The Labute approximate surface area is 149 Å². The minimum absolute atomic E-state index is 0.0276. The van der Waals surface area contributed by atoms with Crippen LogP contribution >= 0.6 is 0 Å². The van der Waals surface area contributed by atoms with Crippen molar-refractivity contribution in [1.82, 2.24) is 15.0 Å². The molecular formula is C20H16N4O2. The molecule has 128 valence electrons. The molecule has 0 radical (unpaired) electrons. The highest BCUT2D eigenvalue weighted by Gasteiger charge is 2.21. The third-order valence-electron chi connectivity index (χ3n) is 4.18. The van der Waals surface area contributed by atoms with Crippen LogP contribution in [0.5, 0.6) is 11.5 Å². The predicted octanol–water partition coefficient (Wildman–Crippen LogP) is 3.64. The Hall–Kier alpha value is -3.67. The van der Waals surface area contributed by atoms with Gasteiger partial charge in [0, 0.05) is 35.7 Å². The Morgan fingerprint density at radius 3 is 2.46 bits per heavy atom. The number of nitrogens with one attached hydrogen (secondary N) is 1. The van der Waals surface area contributed by atoms with Crippen LogP contribution in [0.25, 0.3) is 10.9 Å². The van der Waals surface area contributed by atoms with E-state index in [1.807, 2.05) is 36.4 Å². The first kappa shape index (κ1) is 15.8. The summed E-state index contributed by atoms with van der Waals surface area (Å²) in [6, 6.07) is 13.9. The normalized spacial score (nSPS) is 12.0. The molecule has 0 aliphatic heterocycles. The van der Waals surface area contributed by atoms with Gasteiger partial charge in [0.25, 0.3) is 0 Å². The molecule has 3 aromatic heterocycles. The first-order valence-corrected chi connectivity index (χ1v) is 8.11. The van der Waals surface area contributed by atoms with Crippen LogP contribution in [0.2, 0.25) is 0 Å². The van der Waals surface area contributed by atoms with E-state index in [9.17, 15) is 10.2 Å². The fourth-order valence-corrected chi connectivity index (χ4v) is 2.91. The quantitative estimate of drug-likeness (QED) is 0.523. The zero-order chi connectivity index (χ0) is 17.9. The van der Waals surface area contributed by atoms with E-state index >= 15 is 0 Å². The summed E-state index contributed by atoms with van der Waals surface area (Å²) < 4.78 is 0. The van der Waals surface area contributed by atoms with E-state index < -0.39 is 6.04 Å². The van der Waals surface area contributed by atoms with Gasteiger partial charge in [-0.05, 0) is 29.8 Å². The standard InChI is InChI=1S/C20H16N4O2/c25-16-6-3-11-23-20(16)24-17(14-5-1-9-21-12-14)15-8-7-13-4-2-10-22-18(13)19(15)26/h1-12,17,25-26H,(H,23,24). The van der Waals surface area contributed by atoms with Crippen molar-refractivity contribution in [2.75, 3.05) is 5.32 Å². The first-order valence-electron chi connectivity index (χ1n) is 8.11. The molecule has 0 saturated carbocycles. The number of phenols is 1. The highest BCUT2D eigenvalue weighted by molar-refractivity contribution is 5.86. The maximum Gasteiger partial charge on any atom is 0.169 e. The zero-order valence-electron chi connectivity index (χ0n) is 13.7. The zero-order valence-corrected chi connectivity index (χ0v) is 13.7. The van der Waals surface area contributed by atoms with E-state index in [1.54, 1.807) is 36.9 Å². The number of pyridine rings is 3. The first-order chi connectivity index (χ1) is 12.7. The number of nitrogens with zero attached hydrogens (tertiary/aromatic N) is 3. The molecule has 3 heterocycles. The van der Waals surface area contributed by atoms with Gasteiger partial charge in [-0.1, -0.05) is 24.3 Å². The summed E-state index contributed by atoms with van der Waals surface area (Å²) in [4.78, 5) is 12.6. The number of benzene rings is 1. The van der Waals surface area contributed by atoms with Crippen molar-refractivity contribution in [3.8, 4) is 11.5 Å². The van der Waals surface area contributed by atoms with Crippen LogP contribution < -0.4 is 5.32 Å². The van der Waals surface area contributed by atoms with Gasteiger partial charge in [-0.2, -0.15) is 0 Å². The minimum Gasteiger partial charge on any atom is -0.505 e. The summed E-state index contributed by atoms with van der Waals surface area (Å²) in [5.41, 5.74) is 1.96. The number of anilines is 1. The van der Waals surface area contributed by atoms with Gasteiger partial charge >= 0.3 is 0 Å². The van der Waals surface area contributed by atoms with Gasteiger partial charge in [-0.25, -0.2) is 4.98 Å². The Bertz CT molecular complexity index is 1050. The van der Waals surface area contributed by atoms with Crippen LogP contribution in [-0.2, 0) is 0 Å². The average Bonchev–Trinajstić information content (AvgIpc) is 2.69. The minimum atomic E-state index is -0.462. The van der Waals surface area contributed by atoms with Gasteiger partial charge in [0.15, 0.2) is 11.6 Å². The Balaban J connectivity index is 1.86. The number of aromatic hydroxyl groups is 2.